The fraction of sp³-hybridized carbons (Fsp3) is 0.714. The van der Waals surface area contributed by atoms with Crippen LogP contribution in [0, 0.1) is 0 Å². The summed E-state index contributed by atoms with van der Waals surface area (Å²) in [6, 6.07) is 0. The third-order valence-electron chi connectivity index (χ3n) is 0.729. The van der Waals surface area contributed by atoms with Crippen LogP contribution in [0.4, 0.5) is 0 Å². The molecule has 0 heterocycles. The average molecular weight is 162 g/mol. The highest BCUT2D eigenvalue weighted by molar-refractivity contribution is 5.70. The van der Waals surface area contributed by atoms with Gasteiger partial charge in [-0.2, -0.15) is 0 Å². The Morgan fingerprint density at radius 2 is 1.82 bits per heavy atom. The van der Waals surface area contributed by atoms with Gasteiger partial charge in [-0.05, 0) is 13.8 Å². The molecule has 0 spiro atoms. The maximum Gasteiger partial charge on any atom is 0.332 e. The molecule has 0 saturated heterocycles. The molecule has 0 atom stereocenters. The molecule has 0 aromatic heterocycles. The van der Waals surface area contributed by atoms with E-state index >= 15 is 0 Å². The van der Waals surface area contributed by atoms with Crippen molar-refractivity contribution in [3.63, 3.8) is 0 Å². The standard InChI is InChI=1S/C6H12O3.CH2O/c1-3-8-5-6(7)9-4-2;1-2/h3-5H2,1-2H3;1H2. The van der Waals surface area contributed by atoms with Crippen LogP contribution in [0.15, 0.2) is 0 Å². The zero-order valence-corrected chi connectivity index (χ0v) is 6.96. The molecule has 11 heavy (non-hydrogen) atoms. The Bertz CT molecular complexity index is 92.4. The molecule has 0 amide bonds. The minimum Gasteiger partial charge on any atom is -0.464 e. The highest BCUT2D eigenvalue weighted by Crippen LogP contribution is 1.79. The lowest BCUT2D eigenvalue weighted by Gasteiger charge is -1.99. The molecule has 66 valence electrons. The van der Waals surface area contributed by atoms with E-state index in [1.54, 1.807) is 6.92 Å². The molecule has 0 aliphatic rings. The molecule has 4 nitrogen and oxygen atoms in total. The SMILES string of the molecule is C=O.CCOCC(=O)OCC. The zero-order valence-electron chi connectivity index (χ0n) is 6.96. The Morgan fingerprint density at radius 3 is 2.18 bits per heavy atom. The molecule has 0 bridgehead atoms. The molecule has 0 fully saturated rings. The number of carbonyl (C=O) groups is 2. The van der Waals surface area contributed by atoms with Crippen molar-refractivity contribution < 1.29 is 19.1 Å². The van der Waals surface area contributed by atoms with Crippen LogP contribution in [0.25, 0.3) is 0 Å². The van der Waals surface area contributed by atoms with Crippen molar-refractivity contribution in [2.75, 3.05) is 19.8 Å². The zero-order chi connectivity index (χ0) is 9.11. The van der Waals surface area contributed by atoms with Crippen LogP contribution in [0.2, 0.25) is 0 Å². The lowest BCUT2D eigenvalue weighted by Crippen LogP contribution is -2.11. The summed E-state index contributed by atoms with van der Waals surface area (Å²) >= 11 is 0. The maximum atomic E-state index is 10.5. The highest BCUT2D eigenvalue weighted by atomic mass is 16.6. The molecule has 0 aromatic rings. The van der Waals surface area contributed by atoms with E-state index in [4.69, 9.17) is 9.53 Å². The smallest absolute Gasteiger partial charge is 0.332 e. The van der Waals surface area contributed by atoms with Crippen LogP contribution in [-0.4, -0.2) is 32.6 Å². The van der Waals surface area contributed by atoms with E-state index in [1.807, 2.05) is 13.7 Å². The number of esters is 1. The number of hydrogen-bond donors (Lipinski definition) is 0. The third-order valence-corrected chi connectivity index (χ3v) is 0.729. The highest BCUT2D eigenvalue weighted by Gasteiger charge is 1.97. The minimum atomic E-state index is -0.292. The van der Waals surface area contributed by atoms with Crippen LogP contribution in [-0.2, 0) is 19.1 Å². The van der Waals surface area contributed by atoms with Gasteiger partial charge in [-0.15, -0.1) is 0 Å². The van der Waals surface area contributed by atoms with Gasteiger partial charge < -0.3 is 14.3 Å². The van der Waals surface area contributed by atoms with Crippen molar-refractivity contribution in [2.24, 2.45) is 0 Å². The maximum absolute atomic E-state index is 10.5. The van der Waals surface area contributed by atoms with Gasteiger partial charge in [0.25, 0.3) is 0 Å². The Morgan fingerprint density at radius 1 is 1.27 bits per heavy atom. The largest absolute Gasteiger partial charge is 0.464 e. The van der Waals surface area contributed by atoms with E-state index in [1.165, 1.54) is 0 Å². The van der Waals surface area contributed by atoms with Crippen LogP contribution >= 0.6 is 0 Å². The Kier molecular flexibility index (Phi) is 13.7. The first-order chi connectivity index (χ1) is 5.31. The average Bonchev–Trinajstić information content (AvgIpc) is 2.05. The van der Waals surface area contributed by atoms with Gasteiger partial charge >= 0.3 is 5.97 Å². The van der Waals surface area contributed by atoms with Gasteiger partial charge in [0, 0.05) is 6.61 Å². The van der Waals surface area contributed by atoms with Crippen LogP contribution in [0.1, 0.15) is 13.8 Å². The van der Waals surface area contributed by atoms with Crippen molar-refractivity contribution in [3.05, 3.63) is 0 Å². The van der Waals surface area contributed by atoms with E-state index in [9.17, 15) is 4.79 Å². The summed E-state index contributed by atoms with van der Waals surface area (Å²) in [4.78, 5) is 18.5. The summed E-state index contributed by atoms with van der Waals surface area (Å²) in [7, 11) is 0. The van der Waals surface area contributed by atoms with Crippen LogP contribution in [0.3, 0.4) is 0 Å². The predicted octanol–water partition coefficient (Wildman–Crippen LogP) is 0.401. The van der Waals surface area contributed by atoms with Gasteiger partial charge in [0.2, 0.25) is 0 Å². The molecule has 0 saturated carbocycles. The molecule has 0 aliphatic heterocycles. The van der Waals surface area contributed by atoms with Crippen molar-refractivity contribution in [1.29, 1.82) is 0 Å². The second kappa shape index (κ2) is 11.8. The normalized spacial score (nSPS) is 7.82. The Labute approximate surface area is 66.5 Å². The molecule has 0 rings (SSSR count). The first-order valence-corrected chi connectivity index (χ1v) is 3.33. The number of hydrogen-bond acceptors (Lipinski definition) is 4. The van der Waals surface area contributed by atoms with Gasteiger partial charge in [0.15, 0.2) is 0 Å². The van der Waals surface area contributed by atoms with E-state index in [-0.39, 0.29) is 12.6 Å². The van der Waals surface area contributed by atoms with E-state index in [0.717, 1.165) is 0 Å². The van der Waals surface area contributed by atoms with Crippen LogP contribution < -0.4 is 0 Å². The summed E-state index contributed by atoms with van der Waals surface area (Å²) in [5.41, 5.74) is 0. The first-order valence-electron chi connectivity index (χ1n) is 3.33. The molecular weight excluding hydrogens is 148 g/mol. The first kappa shape index (κ1) is 12.7. The van der Waals surface area contributed by atoms with Gasteiger partial charge in [0.05, 0.1) is 6.61 Å². The van der Waals surface area contributed by atoms with Crippen molar-refractivity contribution in [2.45, 2.75) is 13.8 Å². The fourth-order valence-corrected chi connectivity index (χ4v) is 0.388. The van der Waals surface area contributed by atoms with Gasteiger partial charge in [0.1, 0.15) is 13.4 Å². The topological polar surface area (TPSA) is 52.6 Å². The summed E-state index contributed by atoms with van der Waals surface area (Å²) in [5, 5.41) is 0. The van der Waals surface area contributed by atoms with E-state index < -0.39 is 0 Å². The summed E-state index contributed by atoms with van der Waals surface area (Å²) in [6.07, 6.45) is 0. The minimum absolute atomic E-state index is 0.0737. The Balaban J connectivity index is 0. The number of carbonyl (C=O) groups excluding carboxylic acids is 2. The van der Waals surface area contributed by atoms with Gasteiger partial charge in [-0.25, -0.2) is 4.79 Å². The second-order valence-electron chi connectivity index (χ2n) is 1.44. The van der Waals surface area contributed by atoms with Crippen molar-refractivity contribution in [1.82, 2.24) is 0 Å². The second-order valence-corrected chi connectivity index (χ2v) is 1.44. The number of rotatable bonds is 4. The summed E-state index contributed by atoms with van der Waals surface area (Å²) < 4.78 is 9.35. The molecule has 0 unspecified atom stereocenters. The quantitative estimate of drug-likeness (QED) is 0.561. The summed E-state index contributed by atoms with van der Waals surface area (Å²) in [6.45, 7) is 6.65. The number of ether oxygens (including phenoxy) is 2. The lowest BCUT2D eigenvalue weighted by atomic mass is 10.7. The van der Waals surface area contributed by atoms with E-state index in [2.05, 4.69) is 4.74 Å². The molecule has 0 radical (unpaired) electrons. The predicted molar refractivity (Wildman–Crippen MR) is 40.2 cm³/mol. The summed E-state index contributed by atoms with van der Waals surface area (Å²) in [5.74, 6) is -0.292. The van der Waals surface area contributed by atoms with Crippen molar-refractivity contribution in [3.8, 4) is 0 Å². The van der Waals surface area contributed by atoms with Crippen LogP contribution in [0.5, 0.6) is 0 Å². The molecule has 4 heteroatoms. The van der Waals surface area contributed by atoms with Crippen molar-refractivity contribution >= 4 is 12.8 Å². The third kappa shape index (κ3) is 12.3. The fourth-order valence-electron chi connectivity index (χ4n) is 0.388. The molecule has 0 aromatic carbocycles. The van der Waals surface area contributed by atoms with E-state index in [0.29, 0.717) is 13.2 Å². The van der Waals surface area contributed by atoms with Gasteiger partial charge in [-0.1, -0.05) is 0 Å². The lowest BCUT2D eigenvalue weighted by molar-refractivity contribution is -0.148. The molecular formula is C7H14O4. The Hall–Kier alpha value is -0.900. The van der Waals surface area contributed by atoms with Gasteiger partial charge in [-0.3, -0.25) is 0 Å². The molecule has 0 aliphatic carbocycles. The monoisotopic (exact) mass is 162 g/mol. The molecule has 0 N–H and O–H groups in total.